The zero-order chi connectivity index (χ0) is 21.7. The number of carbonyl (C=O) groups is 2. The largest absolute Gasteiger partial charge is 0.466 e. The Bertz CT molecular complexity index is 521. The molecule has 29 heavy (non-hydrogen) atoms. The lowest BCUT2D eigenvalue weighted by Crippen LogP contribution is -2.23. The first-order valence-corrected chi connectivity index (χ1v) is 11.9. The average molecular weight is 409 g/mol. The Labute approximate surface area is 178 Å². The van der Waals surface area contributed by atoms with Crippen molar-refractivity contribution in [1.82, 2.24) is 0 Å². The summed E-state index contributed by atoms with van der Waals surface area (Å²) in [4.78, 5) is 24.1. The van der Waals surface area contributed by atoms with Gasteiger partial charge >= 0.3 is 5.97 Å². The van der Waals surface area contributed by atoms with Crippen LogP contribution in [0.4, 0.5) is 0 Å². The third kappa shape index (κ3) is 9.93. The Morgan fingerprint density at radius 1 is 1.10 bits per heavy atom. The molecule has 0 aromatic rings. The number of carbonyl (C=O) groups excluding carboxylic acids is 2. The Morgan fingerprint density at radius 3 is 2.52 bits per heavy atom. The van der Waals surface area contributed by atoms with Crippen molar-refractivity contribution in [1.29, 1.82) is 0 Å². The van der Waals surface area contributed by atoms with Gasteiger partial charge < -0.3 is 9.84 Å². The number of hydrogen-bond donors (Lipinski definition) is 1. The lowest BCUT2D eigenvalue weighted by atomic mass is 9.81. The number of hydrogen-bond acceptors (Lipinski definition) is 4. The highest BCUT2D eigenvalue weighted by atomic mass is 16.5. The summed E-state index contributed by atoms with van der Waals surface area (Å²) in [6.07, 6.45) is 13.6. The summed E-state index contributed by atoms with van der Waals surface area (Å²) in [7, 11) is 0. The van der Waals surface area contributed by atoms with E-state index in [9.17, 15) is 14.7 Å². The molecule has 1 aliphatic rings. The molecule has 4 heteroatoms. The Hall–Kier alpha value is -1.16. The molecule has 1 saturated carbocycles. The molecule has 0 unspecified atom stereocenters. The second kappa shape index (κ2) is 14.0. The first-order valence-electron chi connectivity index (χ1n) is 11.9. The number of allylic oxidation sites excluding steroid dienone is 1. The zero-order valence-electron chi connectivity index (χ0n) is 19.3. The molecule has 2 atom stereocenters. The molecular formula is C25H44O4. The van der Waals surface area contributed by atoms with Gasteiger partial charge in [-0.25, -0.2) is 0 Å². The van der Waals surface area contributed by atoms with Gasteiger partial charge in [-0.05, 0) is 38.5 Å². The Morgan fingerprint density at radius 2 is 1.83 bits per heavy atom. The van der Waals surface area contributed by atoms with Gasteiger partial charge in [-0.15, -0.1) is 0 Å². The van der Waals surface area contributed by atoms with Crippen LogP contribution in [0.5, 0.6) is 0 Å². The summed E-state index contributed by atoms with van der Waals surface area (Å²) < 4.78 is 5.09. The number of unbranched alkanes of at least 4 members (excludes halogenated alkanes) is 4. The number of ketones is 1. The molecule has 168 valence electrons. The van der Waals surface area contributed by atoms with Crippen molar-refractivity contribution in [3.8, 4) is 0 Å². The number of Topliss-reactive ketones (excluding diaryl/α,β-unsaturated/α-hetero) is 1. The molecule has 4 nitrogen and oxygen atoms in total. The summed E-state index contributed by atoms with van der Waals surface area (Å²) in [6, 6.07) is 0. The van der Waals surface area contributed by atoms with Crippen molar-refractivity contribution in [2.75, 3.05) is 6.61 Å². The van der Waals surface area contributed by atoms with E-state index in [4.69, 9.17) is 4.74 Å². The van der Waals surface area contributed by atoms with E-state index in [0.29, 0.717) is 25.2 Å². The SMILES string of the molecule is CCCCC(C)(C)C(=O)CC=C1CC[C@@H](O)[C@@H]1CCCCCCC(=O)OCCC. The van der Waals surface area contributed by atoms with E-state index in [0.717, 1.165) is 70.6 Å². The monoisotopic (exact) mass is 408 g/mol. The predicted octanol–water partition coefficient (Wildman–Crippen LogP) is 6.15. The fourth-order valence-corrected chi connectivity index (χ4v) is 4.11. The smallest absolute Gasteiger partial charge is 0.305 e. The van der Waals surface area contributed by atoms with Gasteiger partial charge in [0.05, 0.1) is 12.7 Å². The van der Waals surface area contributed by atoms with Gasteiger partial charge in [0, 0.05) is 24.2 Å². The molecule has 0 spiro atoms. The third-order valence-electron chi connectivity index (χ3n) is 6.24. The van der Waals surface area contributed by atoms with Crippen molar-refractivity contribution in [3.63, 3.8) is 0 Å². The van der Waals surface area contributed by atoms with Crippen LogP contribution in [-0.4, -0.2) is 29.6 Å². The second-order valence-electron chi connectivity index (χ2n) is 9.28. The van der Waals surface area contributed by atoms with Gasteiger partial charge in [0.2, 0.25) is 0 Å². The van der Waals surface area contributed by atoms with Crippen LogP contribution in [0, 0.1) is 11.3 Å². The van der Waals surface area contributed by atoms with E-state index >= 15 is 0 Å². The van der Waals surface area contributed by atoms with Crippen LogP contribution in [-0.2, 0) is 14.3 Å². The number of ether oxygens (including phenoxy) is 1. The molecule has 1 aliphatic carbocycles. The molecule has 1 fully saturated rings. The lowest BCUT2D eigenvalue weighted by molar-refractivity contribution is -0.143. The molecule has 0 radical (unpaired) electrons. The molecule has 0 aromatic carbocycles. The van der Waals surface area contributed by atoms with Gasteiger partial charge in [-0.3, -0.25) is 9.59 Å². The first-order chi connectivity index (χ1) is 13.8. The standard InChI is InChI=1S/C25H44O4/c1-5-7-18-25(3,4)23(27)17-15-20-14-16-22(26)21(20)12-10-8-9-11-13-24(28)29-19-6-2/h15,21-22,26H,5-14,16-19H2,1-4H3/t21-,22-/m1/s1. The maximum atomic E-state index is 12.6. The van der Waals surface area contributed by atoms with Crippen LogP contribution in [0.25, 0.3) is 0 Å². The van der Waals surface area contributed by atoms with Crippen molar-refractivity contribution in [2.24, 2.45) is 11.3 Å². The zero-order valence-corrected chi connectivity index (χ0v) is 19.3. The fraction of sp³-hybridized carbons (Fsp3) is 0.840. The van der Waals surface area contributed by atoms with Crippen molar-refractivity contribution < 1.29 is 19.4 Å². The minimum Gasteiger partial charge on any atom is -0.466 e. The second-order valence-corrected chi connectivity index (χ2v) is 9.28. The summed E-state index contributed by atoms with van der Waals surface area (Å²) in [5, 5.41) is 10.4. The number of esters is 1. The van der Waals surface area contributed by atoms with Crippen molar-refractivity contribution >= 4 is 11.8 Å². The molecular weight excluding hydrogens is 364 g/mol. The summed E-state index contributed by atoms with van der Waals surface area (Å²) >= 11 is 0. The highest BCUT2D eigenvalue weighted by Crippen LogP contribution is 2.36. The number of aliphatic hydroxyl groups is 1. The minimum absolute atomic E-state index is 0.0881. The van der Waals surface area contributed by atoms with Gasteiger partial charge in [-0.2, -0.15) is 0 Å². The molecule has 0 amide bonds. The summed E-state index contributed by atoms with van der Waals surface area (Å²) in [5.41, 5.74) is 1.03. The van der Waals surface area contributed by atoms with Crippen LogP contribution < -0.4 is 0 Å². The van der Waals surface area contributed by atoms with E-state index in [2.05, 4.69) is 26.8 Å². The number of aliphatic hydroxyl groups excluding tert-OH is 1. The molecule has 0 saturated heterocycles. The van der Waals surface area contributed by atoms with Crippen LogP contribution in [0.15, 0.2) is 11.6 Å². The van der Waals surface area contributed by atoms with Crippen LogP contribution in [0.1, 0.15) is 111 Å². The molecule has 1 N–H and O–H groups in total. The third-order valence-corrected chi connectivity index (χ3v) is 6.24. The fourth-order valence-electron chi connectivity index (χ4n) is 4.11. The van der Waals surface area contributed by atoms with Crippen molar-refractivity contribution in [3.05, 3.63) is 11.6 Å². The van der Waals surface area contributed by atoms with E-state index in [1.807, 2.05) is 6.92 Å². The van der Waals surface area contributed by atoms with Gasteiger partial charge in [0.15, 0.2) is 0 Å². The molecule has 0 bridgehead atoms. The normalized spacial score (nSPS) is 20.9. The molecule has 0 aromatic heterocycles. The van der Waals surface area contributed by atoms with Crippen LogP contribution in [0.3, 0.4) is 0 Å². The summed E-state index contributed by atoms with van der Waals surface area (Å²) in [5.74, 6) is 0.430. The van der Waals surface area contributed by atoms with Gasteiger partial charge in [-0.1, -0.05) is 71.4 Å². The van der Waals surface area contributed by atoms with Crippen molar-refractivity contribution in [2.45, 2.75) is 117 Å². The highest BCUT2D eigenvalue weighted by molar-refractivity contribution is 5.85. The maximum Gasteiger partial charge on any atom is 0.305 e. The molecule has 1 rings (SSSR count). The Balaban J connectivity index is 2.36. The maximum absolute atomic E-state index is 12.6. The van der Waals surface area contributed by atoms with Crippen LogP contribution >= 0.6 is 0 Å². The van der Waals surface area contributed by atoms with Gasteiger partial charge in [0.1, 0.15) is 5.78 Å². The lowest BCUT2D eigenvalue weighted by Gasteiger charge is -2.22. The van der Waals surface area contributed by atoms with E-state index < -0.39 is 0 Å². The quantitative estimate of drug-likeness (QED) is 0.200. The van der Waals surface area contributed by atoms with Gasteiger partial charge in [0.25, 0.3) is 0 Å². The van der Waals surface area contributed by atoms with E-state index in [1.165, 1.54) is 5.57 Å². The topological polar surface area (TPSA) is 63.6 Å². The average Bonchev–Trinajstić information content (AvgIpc) is 3.05. The number of rotatable bonds is 15. The predicted molar refractivity (Wildman–Crippen MR) is 119 cm³/mol. The summed E-state index contributed by atoms with van der Waals surface area (Å²) in [6.45, 7) is 8.79. The van der Waals surface area contributed by atoms with E-state index in [-0.39, 0.29) is 23.4 Å². The Kier molecular flexibility index (Phi) is 12.4. The van der Waals surface area contributed by atoms with Crippen LogP contribution in [0.2, 0.25) is 0 Å². The minimum atomic E-state index is -0.270. The first kappa shape index (κ1) is 25.9. The molecule has 0 heterocycles. The highest BCUT2D eigenvalue weighted by Gasteiger charge is 2.30. The van der Waals surface area contributed by atoms with E-state index in [1.54, 1.807) is 0 Å². The molecule has 0 aliphatic heterocycles.